The lowest BCUT2D eigenvalue weighted by molar-refractivity contribution is 0.645. The Kier molecular flexibility index (Phi) is 7.30. The quantitative estimate of drug-likeness (QED) is 0.293. The van der Waals surface area contributed by atoms with Crippen molar-refractivity contribution in [2.24, 2.45) is 4.99 Å². The number of hydrogen-bond acceptors (Lipinski definition) is 2. The molecule has 0 atom stereocenters. The minimum atomic E-state index is 0. The number of aromatic nitrogens is 2. The van der Waals surface area contributed by atoms with Gasteiger partial charge in [0.1, 0.15) is 0 Å². The van der Waals surface area contributed by atoms with Gasteiger partial charge in [0.2, 0.25) is 0 Å². The molecule has 152 valence electrons. The Bertz CT molecular complexity index is 917. The number of aliphatic imine (C=N–C) groups is 1. The number of guanidine groups is 1. The van der Waals surface area contributed by atoms with Crippen LogP contribution in [0.1, 0.15) is 29.5 Å². The van der Waals surface area contributed by atoms with Gasteiger partial charge in [-0.25, -0.2) is 0 Å². The minimum absolute atomic E-state index is 0. The van der Waals surface area contributed by atoms with Crippen LogP contribution in [-0.4, -0.2) is 29.3 Å². The van der Waals surface area contributed by atoms with Crippen molar-refractivity contribution in [2.45, 2.75) is 31.3 Å². The zero-order chi connectivity index (χ0) is 19.2. The Balaban J connectivity index is 0.00000240. The van der Waals surface area contributed by atoms with Crippen molar-refractivity contribution in [1.29, 1.82) is 0 Å². The van der Waals surface area contributed by atoms with Crippen molar-refractivity contribution in [1.82, 2.24) is 20.4 Å². The van der Waals surface area contributed by atoms with Gasteiger partial charge in [0.25, 0.3) is 0 Å². The number of hydrogen-bond donors (Lipinski definition) is 2. The molecule has 4 rings (SSSR count). The van der Waals surface area contributed by atoms with E-state index in [9.17, 15) is 0 Å². The summed E-state index contributed by atoms with van der Waals surface area (Å²) in [7, 11) is 1.82. The van der Waals surface area contributed by atoms with E-state index in [1.54, 1.807) is 0 Å². The number of halogens is 1. The van der Waals surface area contributed by atoms with E-state index in [2.05, 4.69) is 75.3 Å². The lowest BCUT2D eigenvalue weighted by atomic mass is 9.96. The third-order valence-electron chi connectivity index (χ3n) is 5.41. The van der Waals surface area contributed by atoms with E-state index in [4.69, 9.17) is 0 Å². The lowest BCUT2D eigenvalue weighted by Gasteiger charge is -2.19. The molecule has 0 aliphatic heterocycles. The summed E-state index contributed by atoms with van der Waals surface area (Å²) in [5.74, 6) is 0.847. The maximum absolute atomic E-state index is 4.39. The van der Waals surface area contributed by atoms with E-state index >= 15 is 0 Å². The molecule has 0 saturated heterocycles. The van der Waals surface area contributed by atoms with Crippen molar-refractivity contribution in [3.8, 4) is 0 Å². The highest BCUT2D eigenvalue weighted by atomic mass is 127. The van der Waals surface area contributed by atoms with Crippen LogP contribution in [0.25, 0.3) is 0 Å². The molecule has 2 aromatic carbocycles. The Morgan fingerprint density at radius 1 is 1.03 bits per heavy atom. The Hall–Kier alpha value is -2.35. The van der Waals surface area contributed by atoms with Crippen molar-refractivity contribution in [2.75, 3.05) is 13.6 Å². The third kappa shape index (κ3) is 5.59. The number of nitrogens with one attached hydrogen (secondary N) is 2. The fourth-order valence-electron chi connectivity index (χ4n) is 3.59. The second-order valence-corrected chi connectivity index (χ2v) is 7.45. The van der Waals surface area contributed by atoms with Gasteiger partial charge in [-0.2, -0.15) is 5.10 Å². The van der Waals surface area contributed by atoms with E-state index in [1.165, 1.54) is 29.5 Å². The maximum atomic E-state index is 4.39. The normalized spacial score (nSPS) is 14.7. The summed E-state index contributed by atoms with van der Waals surface area (Å²) in [5.41, 5.74) is 4.16. The maximum Gasteiger partial charge on any atom is 0.191 e. The molecule has 1 heterocycles. The monoisotopic (exact) mass is 501 g/mol. The molecule has 0 spiro atoms. The highest BCUT2D eigenvalue weighted by Gasteiger charge is 2.43. The molecule has 1 aromatic heterocycles. The van der Waals surface area contributed by atoms with Crippen LogP contribution in [0.4, 0.5) is 0 Å². The molecule has 1 saturated carbocycles. The molecule has 1 aliphatic rings. The molecule has 29 heavy (non-hydrogen) atoms. The van der Waals surface area contributed by atoms with Crippen LogP contribution in [-0.2, 0) is 18.5 Å². The smallest absolute Gasteiger partial charge is 0.191 e. The van der Waals surface area contributed by atoms with Crippen molar-refractivity contribution in [3.63, 3.8) is 0 Å². The van der Waals surface area contributed by atoms with Gasteiger partial charge >= 0.3 is 0 Å². The van der Waals surface area contributed by atoms with E-state index in [0.717, 1.165) is 25.6 Å². The summed E-state index contributed by atoms with van der Waals surface area (Å²) < 4.78 is 1.94. The van der Waals surface area contributed by atoms with Gasteiger partial charge < -0.3 is 10.6 Å². The Labute approximate surface area is 189 Å². The average molecular weight is 501 g/mol. The van der Waals surface area contributed by atoms with Gasteiger partial charge in [-0.1, -0.05) is 54.6 Å². The molecule has 0 unspecified atom stereocenters. The van der Waals surface area contributed by atoms with Gasteiger partial charge in [0.05, 0.1) is 6.54 Å². The molecule has 0 bridgehead atoms. The first-order valence-electron chi connectivity index (χ1n) is 9.83. The van der Waals surface area contributed by atoms with E-state index in [1.807, 2.05) is 30.2 Å². The molecular weight excluding hydrogens is 473 g/mol. The number of benzene rings is 2. The van der Waals surface area contributed by atoms with E-state index in [0.29, 0.717) is 0 Å². The third-order valence-corrected chi connectivity index (χ3v) is 5.41. The van der Waals surface area contributed by atoms with Crippen LogP contribution < -0.4 is 10.6 Å². The van der Waals surface area contributed by atoms with Crippen molar-refractivity contribution >= 4 is 29.9 Å². The highest BCUT2D eigenvalue weighted by Crippen LogP contribution is 2.47. The number of rotatable bonds is 7. The summed E-state index contributed by atoms with van der Waals surface area (Å²) in [6, 6.07) is 21.3. The van der Waals surface area contributed by atoms with Crippen LogP contribution >= 0.6 is 24.0 Å². The zero-order valence-corrected chi connectivity index (χ0v) is 19.0. The predicted octanol–water partition coefficient (Wildman–Crippen LogP) is 3.95. The van der Waals surface area contributed by atoms with Gasteiger partial charge in [-0.15, -0.1) is 24.0 Å². The summed E-state index contributed by atoms with van der Waals surface area (Å²) in [6.45, 7) is 2.44. The number of nitrogens with zero attached hydrogens (tertiary/aromatic N) is 3. The molecule has 1 fully saturated rings. The molecule has 6 heteroatoms. The molecule has 2 N–H and O–H groups in total. The highest BCUT2D eigenvalue weighted by molar-refractivity contribution is 14.0. The van der Waals surface area contributed by atoms with Crippen LogP contribution in [0.3, 0.4) is 0 Å². The standard InChI is InChI=1S/C23H27N5.HI/c1-24-22(26-18-23(11-12-23)21-9-3-2-4-10-21)25-16-19-7-5-8-20(15-19)17-28-14-6-13-27-28;/h2-10,13-15H,11-12,16-18H2,1H3,(H2,24,25,26);1H. The van der Waals surface area contributed by atoms with Crippen molar-refractivity contribution in [3.05, 3.63) is 89.7 Å². The first-order valence-corrected chi connectivity index (χ1v) is 9.83. The van der Waals surface area contributed by atoms with Gasteiger partial charge in [0, 0.05) is 37.9 Å². The first kappa shape index (κ1) is 21.4. The average Bonchev–Trinajstić information content (AvgIpc) is 3.36. The van der Waals surface area contributed by atoms with E-state index in [-0.39, 0.29) is 29.4 Å². The van der Waals surface area contributed by atoms with Crippen LogP contribution in [0.15, 0.2) is 78.0 Å². The topological polar surface area (TPSA) is 54.2 Å². The summed E-state index contributed by atoms with van der Waals surface area (Å²) in [5, 5.41) is 11.2. The van der Waals surface area contributed by atoms with E-state index < -0.39 is 0 Å². The van der Waals surface area contributed by atoms with Crippen LogP contribution in [0, 0.1) is 0 Å². The zero-order valence-electron chi connectivity index (χ0n) is 16.7. The largest absolute Gasteiger partial charge is 0.356 e. The minimum Gasteiger partial charge on any atom is -0.356 e. The molecule has 0 radical (unpaired) electrons. The molecule has 5 nitrogen and oxygen atoms in total. The molecular formula is C23H28IN5. The van der Waals surface area contributed by atoms with Gasteiger partial charge in [-0.3, -0.25) is 9.67 Å². The van der Waals surface area contributed by atoms with Crippen LogP contribution in [0.5, 0.6) is 0 Å². The molecule has 1 aliphatic carbocycles. The Morgan fingerprint density at radius 2 is 1.83 bits per heavy atom. The fourth-order valence-corrected chi connectivity index (χ4v) is 3.59. The second-order valence-electron chi connectivity index (χ2n) is 7.45. The summed E-state index contributed by atoms with van der Waals surface area (Å²) >= 11 is 0. The molecule has 3 aromatic rings. The predicted molar refractivity (Wildman–Crippen MR) is 129 cm³/mol. The SMILES string of the molecule is CN=C(NCc1cccc(Cn2cccn2)c1)NCC1(c2ccccc2)CC1.I. The summed E-state index contributed by atoms with van der Waals surface area (Å²) in [4.78, 5) is 4.39. The first-order chi connectivity index (χ1) is 13.8. The summed E-state index contributed by atoms with van der Waals surface area (Å²) in [6.07, 6.45) is 6.26. The molecule has 0 amide bonds. The van der Waals surface area contributed by atoms with Crippen LogP contribution in [0.2, 0.25) is 0 Å². The van der Waals surface area contributed by atoms with Gasteiger partial charge in [0.15, 0.2) is 5.96 Å². The van der Waals surface area contributed by atoms with Crippen molar-refractivity contribution < 1.29 is 0 Å². The van der Waals surface area contributed by atoms with Gasteiger partial charge in [-0.05, 0) is 35.6 Å². The fraction of sp³-hybridized carbons (Fsp3) is 0.304. The second kappa shape index (κ2) is 9.91. The lowest BCUT2D eigenvalue weighted by Crippen LogP contribution is -2.40. The Morgan fingerprint density at radius 3 is 2.52 bits per heavy atom.